The number of benzene rings is 2. The van der Waals surface area contributed by atoms with Crippen LogP contribution in [0.15, 0.2) is 58.3 Å². The van der Waals surface area contributed by atoms with Gasteiger partial charge in [0.15, 0.2) is 5.60 Å². The highest BCUT2D eigenvalue weighted by Crippen LogP contribution is 2.39. The molecule has 3 heterocycles. The largest absolute Gasteiger partial charge is 0.421 e. The van der Waals surface area contributed by atoms with Gasteiger partial charge in [0, 0.05) is 61.7 Å². The van der Waals surface area contributed by atoms with E-state index in [1.807, 2.05) is 0 Å². The number of anilines is 1. The molecule has 7 nitrogen and oxygen atoms in total. The van der Waals surface area contributed by atoms with Crippen molar-refractivity contribution in [2.45, 2.75) is 34.5 Å². The van der Waals surface area contributed by atoms with Crippen molar-refractivity contribution < 1.29 is 31.4 Å². The van der Waals surface area contributed by atoms with Gasteiger partial charge < -0.3 is 19.6 Å². The molecule has 3 aliphatic heterocycles. The lowest BCUT2D eigenvalue weighted by Crippen LogP contribution is -2.58. The van der Waals surface area contributed by atoms with Crippen LogP contribution in [0.3, 0.4) is 0 Å². The molecule has 2 aromatic rings. The summed E-state index contributed by atoms with van der Waals surface area (Å²) in [6, 6.07) is 12.1. The monoisotopic (exact) mass is 571 g/mol. The molecule has 0 bridgehead atoms. The summed E-state index contributed by atoms with van der Waals surface area (Å²) in [6.07, 6.45) is -4.81. The van der Waals surface area contributed by atoms with E-state index >= 15 is 0 Å². The molecule has 12 heteroatoms. The molecule has 0 radical (unpaired) electrons. The minimum absolute atomic E-state index is 0.155. The highest BCUT2D eigenvalue weighted by Gasteiger charge is 2.51. The van der Waals surface area contributed by atoms with Gasteiger partial charge in [0.1, 0.15) is 0 Å². The Labute approximate surface area is 226 Å². The summed E-state index contributed by atoms with van der Waals surface area (Å²) >= 11 is 4.36. The number of sulfonamides is 1. The molecular weight excluding hydrogens is 539 g/mol. The molecule has 0 aliphatic carbocycles. The Hall–Kier alpha value is -1.83. The zero-order chi connectivity index (χ0) is 27.3. The Balaban J connectivity index is 1.40. The lowest BCUT2D eigenvalue weighted by Gasteiger charge is -2.44. The van der Waals surface area contributed by atoms with E-state index in [2.05, 4.69) is 22.4 Å². The first-order valence-electron chi connectivity index (χ1n) is 12.6. The van der Waals surface area contributed by atoms with Gasteiger partial charge in [-0.25, -0.2) is 8.42 Å². The van der Waals surface area contributed by atoms with Crippen LogP contribution < -0.4 is 4.90 Å². The smallest absolute Gasteiger partial charge is 0.381 e. The molecule has 0 saturated carbocycles. The highest BCUT2D eigenvalue weighted by molar-refractivity contribution is 7.90. The maximum absolute atomic E-state index is 13.5. The zero-order valence-electron chi connectivity index (χ0n) is 21.0. The number of thiol groups is 1. The average molecular weight is 572 g/mol. The molecule has 5 rings (SSSR count). The van der Waals surface area contributed by atoms with Gasteiger partial charge in [-0.05, 0) is 36.8 Å². The Morgan fingerprint density at radius 1 is 1.00 bits per heavy atom. The minimum Gasteiger partial charge on any atom is -0.381 e. The number of rotatable bonds is 6. The summed E-state index contributed by atoms with van der Waals surface area (Å²) in [6.45, 7) is 5.38. The van der Waals surface area contributed by atoms with Crippen LogP contribution in [0.4, 0.5) is 18.9 Å². The van der Waals surface area contributed by atoms with Gasteiger partial charge in [-0.2, -0.15) is 17.5 Å². The number of likely N-dealkylation sites (tertiary alicyclic amines) is 1. The Morgan fingerprint density at radius 3 is 2.24 bits per heavy atom. The van der Waals surface area contributed by atoms with Crippen molar-refractivity contribution in [3.63, 3.8) is 0 Å². The summed E-state index contributed by atoms with van der Waals surface area (Å²) in [4.78, 5) is 4.93. The maximum Gasteiger partial charge on any atom is 0.421 e. The molecule has 208 valence electrons. The second-order valence-electron chi connectivity index (χ2n) is 10.6. The lowest BCUT2D eigenvalue weighted by atomic mass is 9.95. The van der Waals surface area contributed by atoms with Crippen molar-refractivity contribution in [1.82, 2.24) is 9.21 Å². The summed E-state index contributed by atoms with van der Waals surface area (Å²) in [5.41, 5.74) is -2.52. The first-order chi connectivity index (χ1) is 17.9. The summed E-state index contributed by atoms with van der Waals surface area (Å²) in [7, 11) is -3.79. The molecule has 0 amide bonds. The maximum atomic E-state index is 13.5. The molecule has 2 aromatic carbocycles. The molecule has 3 fully saturated rings. The highest BCUT2D eigenvalue weighted by atomic mass is 32.2. The SMILES string of the molecule is CC(O)(c1ccc(N2CCN(S(=O)(=O)c3ccccc3S)C[C@@H]2CN2C[C@H]3COC[C@H]3C2)cc1)C(F)(F)F. The lowest BCUT2D eigenvalue weighted by molar-refractivity contribution is -0.258. The number of alkyl halides is 3. The normalized spacial score (nSPS) is 26.9. The molecule has 38 heavy (non-hydrogen) atoms. The quantitative estimate of drug-likeness (QED) is 0.519. The number of halogens is 3. The van der Waals surface area contributed by atoms with Crippen LogP contribution in [-0.2, 0) is 20.4 Å². The van der Waals surface area contributed by atoms with Gasteiger partial charge >= 0.3 is 6.18 Å². The van der Waals surface area contributed by atoms with Gasteiger partial charge in [0.2, 0.25) is 10.0 Å². The molecule has 3 aliphatic rings. The molecule has 0 aromatic heterocycles. The number of nitrogens with zero attached hydrogens (tertiary/aromatic N) is 3. The van der Waals surface area contributed by atoms with E-state index in [-0.39, 0.29) is 29.6 Å². The zero-order valence-corrected chi connectivity index (χ0v) is 22.7. The number of hydrogen-bond donors (Lipinski definition) is 2. The Morgan fingerprint density at radius 2 is 1.63 bits per heavy atom. The minimum atomic E-state index is -4.81. The number of aliphatic hydroxyl groups is 1. The third kappa shape index (κ3) is 5.18. The van der Waals surface area contributed by atoms with Crippen molar-refractivity contribution >= 4 is 28.3 Å². The molecule has 4 atom stereocenters. The fourth-order valence-electron chi connectivity index (χ4n) is 5.73. The van der Waals surface area contributed by atoms with Gasteiger partial charge in [0.05, 0.1) is 24.2 Å². The molecule has 3 saturated heterocycles. The average Bonchev–Trinajstić information content (AvgIpc) is 3.45. The fraction of sp³-hybridized carbons (Fsp3) is 0.538. The Kier molecular flexibility index (Phi) is 7.51. The van der Waals surface area contributed by atoms with Gasteiger partial charge in [0.25, 0.3) is 0 Å². The van der Waals surface area contributed by atoms with Gasteiger partial charge in [-0.1, -0.05) is 24.3 Å². The van der Waals surface area contributed by atoms with Crippen molar-refractivity contribution in [2.24, 2.45) is 11.8 Å². The summed E-state index contributed by atoms with van der Waals surface area (Å²) < 4.78 is 74.2. The van der Waals surface area contributed by atoms with E-state index in [0.717, 1.165) is 33.2 Å². The van der Waals surface area contributed by atoms with Crippen molar-refractivity contribution in [2.75, 3.05) is 57.4 Å². The van der Waals surface area contributed by atoms with E-state index in [0.29, 0.717) is 35.5 Å². The van der Waals surface area contributed by atoms with Crippen molar-refractivity contribution in [3.05, 3.63) is 54.1 Å². The molecular formula is C26H32F3N3O4S2. The summed E-state index contributed by atoms with van der Waals surface area (Å²) in [5, 5.41) is 10.1. The third-order valence-corrected chi connectivity index (χ3v) is 10.5. The first-order valence-corrected chi connectivity index (χ1v) is 14.5. The topological polar surface area (TPSA) is 73.3 Å². The van der Waals surface area contributed by atoms with E-state index in [1.54, 1.807) is 36.4 Å². The van der Waals surface area contributed by atoms with Crippen molar-refractivity contribution in [1.29, 1.82) is 0 Å². The number of ether oxygens (including phenoxy) is 1. The van der Waals surface area contributed by atoms with E-state index in [4.69, 9.17) is 4.74 Å². The van der Waals surface area contributed by atoms with E-state index in [9.17, 15) is 26.7 Å². The predicted octanol–water partition coefficient (Wildman–Crippen LogP) is 3.20. The third-order valence-electron chi connectivity index (χ3n) is 8.03. The summed E-state index contributed by atoms with van der Waals surface area (Å²) in [5.74, 6) is 0.929. The predicted molar refractivity (Wildman–Crippen MR) is 140 cm³/mol. The molecule has 0 spiro atoms. The van der Waals surface area contributed by atoms with Crippen LogP contribution in [0, 0.1) is 11.8 Å². The van der Waals surface area contributed by atoms with Crippen LogP contribution >= 0.6 is 12.6 Å². The van der Waals surface area contributed by atoms with Gasteiger partial charge in [-0.3, -0.25) is 0 Å². The van der Waals surface area contributed by atoms with Crippen LogP contribution in [0.2, 0.25) is 0 Å². The standard InChI is InChI=1S/C26H32F3N3O4S2/c1-25(33,26(27,28)29)20-6-8-21(9-7-20)32-11-10-31(38(34,35)24-5-3-2-4-23(24)37)15-22(32)14-30-12-18-16-36-17-19(18)13-30/h2-9,18-19,22,33,37H,10-17H2,1H3/t18-,19+,22-,25?/m0/s1. The molecule has 1 N–H and O–H groups in total. The number of fused-ring (bicyclic) bond motifs is 1. The van der Waals surface area contributed by atoms with Crippen LogP contribution in [0.1, 0.15) is 12.5 Å². The van der Waals surface area contributed by atoms with E-state index < -0.39 is 21.8 Å². The van der Waals surface area contributed by atoms with Crippen LogP contribution in [0.25, 0.3) is 0 Å². The van der Waals surface area contributed by atoms with Crippen molar-refractivity contribution in [3.8, 4) is 0 Å². The van der Waals surface area contributed by atoms with Gasteiger partial charge in [-0.15, -0.1) is 12.6 Å². The fourth-order valence-corrected chi connectivity index (χ4v) is 7.79. The number of hydrogen-bond acceptors (Lipinski definition) is 7. The van der Waals surface area contributed by atoms with E-state index in [1.165, 1.54) is 16.4 Å². The molecule has 1 unspecified atom stereocenters. The number of piperazine rings is 1. The first kappa shape index (κ1) is 27.7. The second-order valence-corrected chi connectivity index (χ2v) is 13.0. The second kappa shape index (κ2) is 10.3. The Bertz CT molecular complexity index is 1250. The van der Waals surface area contributed by atoms with Crippen LogP contribution in [-0.4, -0.2) is 87.4 Å². The van der Waals surface area contributed by atoms with Crippen LogP contribution in [0.5, 0.6) is 0 Å².